The molecule has 0 bridgehead atoms. The summed E-state index contributed by atoms with van der Waals surface area (Å²) >= 11 is 0. The number of benzene rings is 2. The van der Waals surface area contributed by atoms with Crippen molar-refractivity contribution < 1.29 is 22.6 Å². The SMILES string of the molecule is O=C(Cc1ccccc1)NC1C(=O)N(S(=O)(=O)O)C1c1ccccc1. The van der Waals surface area contributed by atoms with Crippen molar-refractivity contribution in [3.05, 3.63) is 71.8 Å². The van der Waals surface area contributed by atoms with Gasteiger partial charge in [-0.25, -0.2) is 4.31 Å². The first-order chi connectivity index (χ1) is 11.9. The van der Waals surface area contributed by atoms with Crippen LogP contribution in [0.4, 0.5) is 0 Å². The van der Waals surface area contributed by atoms with Crippen molar-refractivity contribution >= 4 is 22.1 Å². The summed E-state index contributed by atoms with van der Waals surface area (Å²) in [5.74, 6) is -1.27. The van der Waals surface area contributed by atoms with Crippen LogP contribution in [0.5, 0.6) is 0 Å². The summed E-state index contributed by atoms with van der Waals surface area (Å²) in [6, 6.07) is 15.3. The molecule has 2 atom stereocenters. The molecule has 1 heterocycles. The van der Waals surface area contributed by atoms with E-state index in [4.69, 9.17) is 0 Å². The van der Waals surface area contributed by atoms with Gasteiger partial charge in [-0.1, -0.05) is 60.7 Å². The number of β-lactam (4-membered cyclic amide) rings is 1. The normalized spacial score (nSPS) is 20.0. The Bertz CT molecular complexity index is 884. The highest BCUT2D eigenvalue weighted by molar-refractivity contribution is 7.84. The van der Waals surface area contributed by atoms with Gasteiger partial charge in [0.25, 0.3) is 5.91 Å². The Morgan fingerprint density at radius 2 is 1.60 bits per heavy atom. The van der Waals surface area contributed by atoms with E-state index in [9.17, 15) is 22.6 Å². The summed E-state index contributed by atoms with van der Waals surface area (Å²) in [4.78, 5) is 24.4. The molecule has 0 saturated carbocycles. The number of carbonyl (C=O) groups is 2. The number of nitrogens with zero attached hydrogens (tertiary/aromatic N) is 1. The van der Waals surface area contributed by atoms with Crippen molar-refractivity contribution in [2.75, 3.05) is 0 Å². The number of hydrogen-bond donors (Lipinski definition) is 2. The van der Waals surface area contributed by atoms with E-state index in [0.717, 1.165) is 5.56 Å². The zero-order valence-corrected chi connectivity index (χ0v) is 13.9. The molecule has 130 valence electrons. The van der Waals surface area contributed by atoms with Crippen LogP contribution in [0.25, 0.3) is 0 Å². The predicted octanol–water partition coefficient (Wildman–Crippen LogP) is 1.10. The van der Waals surface area contributed by atoms with E-state index in [-0.39, 0.29) is 6.42 Å². The van der Waals surface area contributed by atoms with E-state index in [1.807, 2.05) is 6.07 Å². The molecular formula is C17H16N2O5S. The first-order valence-corrected chi connectivity index (χ1v) is 8.96. The maximum Gasteiger partial charge on any atom is 0.362 e. The lowest BCUT2D eigenvalue weighted by molar-refractivity contribution is -0.146. The maximum atomic E-state index is 12.2. The van der Waals surface area contributed by atoms with Crippen molar-refractivity contribution in [2.24, 2.45) is 0 Å². The predicted molar refractivity (Wildman–Crippen MR) is 89.7 cm³/mol. The van der Waals surface area contributed by atoms with Crippen molar-refractivity contribution in [3.8, 4) is 0 Å². The van der Waals surface area contributed by atoms with Crippen LogP contribution in [0.2, 0.25) is 0 Å². The fourth-order valence-electron chi connectivity index (χ4n) is 2.84. The summed E-state index contributed by atoms with van der Waals surface area (Å²) in [6.07, 6.45) is 0.0675. The third kappa shape index (κ3) is 3.54. The fraction of sp³-hybridized carbons (Fsp3) is 0.176. The Kier molecular flexibility index (Phi) is 4.56. The summed E-state index contributed by atoms with van der Waals surface area (Å²) in [7, 11) is -4.71. The number of carbonyl (C=O) groups excluding carboxylic acids is 2. The molecule has 1 aliphatic rings. The van der Waals surface area contributed by atoms with Gasteiger partial charge >= 0.3 is 10.3 Å². The van der Waals surface area contributed by atoms with Crippen molar-refractivity contribution in [2.45, 2.75) is 18.5 Å². The topological polar surface area (TPSA) is 104 Å². The third-order valence-electron chi connectivity index (χ3n) is 3.97. The summed E-state index contributed by atoms with van der Waals surface area (Å²) in [6.45, 7) is 0. The van der Waals surface area contributed by atoms with Gasteiger partial charge in [-0.3, -0.25) is 14.1 Å². The quantitative estimate of drug-likeness (QED) is 0.614. The molecule has 0 aromatic heterocycles. The van der Waals surface area contributed by atoms with Gasteiger partial charge in [0.2, 0.25) is 5.91 Å². The van der Waals surface area contributed by atoms with E-state index in [1.54, 1.807) is 54.6 Å². The summed E-state index contributed by atoms with van der Waals surface area (Å²) in [5.41, 5.74) is 1.28. The first-order valence-electron chi connectivity index (χ1n) is 7.57. The molecule has 1 aliphatic heterocycles. The fourth-order valence-corrected chi connectivity index (χ4v) is 3.72. The van der Waals surface area contributed by atoms with E-state index < -0.39 is 34.2 Å². The van der Waals surface area contributed by atoms with Crippen LogP contribution in [-0.4, -0.2) is 35.1 Å². The summed E-state index contributed by atoms with van der Waals surface area (Å²) < 4.78 is 32.6. The van der Waals surface area contributed by atoms with Gasteiger partial charge in [0.1, 0.15) is 12.1 Å². The van der Waals surface area contributed by atoms with Crippen LogP contribution in [0.15, 0.2) is 60.7 Å². The third-order valence-corrected chi connectivity index (χ3v) is 4.87. The standard InChI is InChI=1S/C17H16N2O5S/c20-14(11-12-7-3-1-4-8-12)18-15-16(13-9-5-2-6-10-13)19(17(15)21)25(22,23)24/h1-10,15-16H,11H2,(H,18,20)(H,22,23,24). The molecule has 2 aromatic rings. The average molecular weight is 360 g/mol. The average Bonchev–Trinajstić information content (AvgIpc) is 2.57. The lowest BCUT2D eigenvalue weighted by Gasteiger charge is -2.44. The van der Waals surface area contributed by atoms with Gasteiger partial charge in [-0.2, -0.15) is 8.42 Å². The minimum absolute atomic E-state index is 0.0675. The van der Waals surface area contributed by atoms with Crippen LogP contribution in [0, 0.1) is 0 Å². The van der Waals surface area contributed by atoms with E-state index >= 15 is 0 Å². The van der Waals surface area contributed by atoms with Gasteiger partial charge in [-0.15, -0.1) is 0 Å². The van der Waals surface area contributed by atoms with E-state index in [2.05, 4.69) is 5.32 Å². The molecule has 0 aliphatic carbocycles. The lowest BCUT2D eigenvalue weighted by atomic mass is 9.91. The van der Waals surface area contributed by atoms with Crippen LogP contribution in [0.3, 0.4) is 0 Å². The number of amides is 2. The monoisotopic (exact) mass is 360 g/mol. The Morgan fingerprint density at radius 1 is 1.04 bits per heavy atom. The smallest absolute Gasteiger partial charge is 0.342 e. The molecule has 0 spiro atoms. The largest absolute Gasteiger partial charge is 0.362 e. The van der Waals surface area contributed by atoms with Crippen LogP contribution >= 0.6 is 0 Å². The van der Waals surface area contributed by atoms with Crippen LogP contribution in [-0.2, 0) is 26.3 Å². The van der Waals surface area contributed by atoms with E-state index in [0.29, 0.717) is 9.87 Å². The molecule has 1 fully saturated rings. The molecule has 2 amide bonds. The van der Waals surface area contributed by atoms with Crippen LogP contribution < -0.4 is 5.32 Å². The first kappa shape index (κ1) is 17.1. The second kappa shape index (κ2) is 6.66. The Morgan fingerprint density at radius 3 is 2.16 bits per heavy atom. The molecule has 2 unspecified atom stereocenters. The molecule has 1 saturated heterocycles. The number of nitrogens with one attached hydrogen (secondary N) is 1. The van der Waals surface area contributed by atoms with Crippen LogP contribution in [0.1, 0.15) is 17.2 Å². The molecule has 2 aromatic carbocycles. The number of rotatable bonds is 5. The molecular weight excluding hydrogens is 344 g/mol. The molecule has 3 rings (SSSR count). The minimum Gasteiger partial charge on any atom is -0.342 e. The zero-order valence-electron chi connectivity index (χ0n) is 13.1. The van der Waals surface area contributed by atoms with Crippen molar-refractivity contribution in [3.63, 3.8) is 0 Å². The molecule has 8 heteroatoms. The van der Waals surface area contributed by atoms with Gasteiger partial charge in [-0.05, 0) is 11.1 Å². The Labute approximate surface area is 145 Å². The Hall–Kier alpha value is -2.71. The van der Waals surface area contributed by atoms with Crippen molar-refractivity contribution in [1.82, 2.24) is 9.62 Å². The maximum absolute atomic E-state index is 12.2. The lowest BCUT2D eigenvalue weighted by Crippen LogP contribution is -2.66. The molecule has 7 nitrogen and oxygen atoms in total. The summed E-state index contributed by atoms with van der Waals surface area (Å²) in [5, 5.41) is 2.56. The van der Waals surface area contributed by atoms with Gasteiger partial charge in [0.15, 0.2) is 0 Å². The minimum atomic E-state index is -4.71. The Balaban J connectivity index is 1.80. The molecule has 0 radical (unpaired) electrons. The van der Waals surface area contributed by atoms with Gasteiger partial charge < -0.3 is 5.32 Å². The van der Waals surface area contributed by atoms with Gasteiger partial charge in [0.05, 0.1) is 6.42 Å². The van der Waals surface area contributed by atoms with E-state index in [1.165, 1.54) is 0 Å². The zero-order chi connectivity index (χ0) is 18.0. The second-order valence-corrected chi connectivity index (χ2v) is 6.96. The highest BCUT2D eigenvalue weighted by Crippen LogP contribution is 2.36. The van der Waals surface area contributed by atoms with Gasteiger partial charge in [0, 0.05) is 0 Å². The number of hydrogen-bond acceptors (Lipinski definition) is 4. The highest BCUT2D eigenvalue weighted by Gasteiger charge is 2.54. The van der Waals surface area contributed by atoms with Crippen molar-refractivity contribution in [1.29, 1.82) is 0 Å². The molecule has 25 heavy (non-hydrogen) atoms. The molecule has 2 N–H and O–H groups in total. The second-order valence-electron chi connectivity index (χ2n) is 5.67. The highest BCUT2D eigenvalue weighted by atomic mass is 32.2.